The third kappa shape index (κ3) is 2.77. The first-order chi connectivity index (χ1) is 10.5. The molecule has 1 atom stereocenters. The number of rotatable bonds is 4. The van der Waals surface area contributed by atoms with Crippen molar-refractivity contribution in [3.8, 4) is 0 Å². The number of aromatic nitrogens is 1. The van der Waals surface area contributed by atoms with Crippen molar-refractivity contribution in [2.24, 2.45) is 0 Å². The Bertz CT molecular complexity index is 771. The number of fused-ring (bicyclic) bond motifs is 1. The SMILES string of the molecule is CC(NC(=O)c1cc(C2CC2)nc2ccc(F)cc12)C(=O)O. The Kier molecular flexibility index (Phi) is 3.52. The van der Waals surface area contributed by atoms with Crippen molar-refractivity contribution in [3.63, 3.8) is 0 Å². The average molecular weight is 302 g/mol. The molecule has 2 aromatic rings. The summed E-state index contributed by atoms with van der Waals surface area (Å²) in [4.78, 5) is 27.7. The lowest BCUT2D eigenvalue weighted by Gasteiger charge is -2.12. The van der Waals surface area contributed by atoms with Crippen molar-refractivity contribution < 1.29 is 19.1 Å². The summed E-state index contributed by atoms with van der Waals surface area (Å²) in [5, 5.41) is 11.7. The molecule has 22 heavy (non-hydrogen) atoms. The molecule has 3 rings (SSSR count). The molecule has 0 saturated heterocycles. The normalized spacial score (nSPS) is 15.5. The van der Waals surface area contributed by atoms with Gasteiger partial charge in [-0.05, 0) is 44.0 Å². The predicted octanol–water partition coefficient (Wildman–Crippen LogP) is 2.45. The Morgan fingerprint density at radius 2 is 2.09 bits per heavy atom. The maximum atomic E-state index is 13.5. The fourth-order valence-corrected chi connectivity index (χ4v) is 2.33. The van der Waals surface area contributed by atoms with Crippen molar-refractivity contribution in [2.45, 2.75) is 31.7 Å². The van der Waals surface area contributed by atoms with Crippen molar-refractivity contribution >= 4 is 22.8 Å². The lowest BCUT2D eigenvalue weighted by molar-refractivity contribution is -0.138. The van der Waals surface area contributed by atoms with Gasteiger partial charge in [0.15, 0.2) is 0 Å². The largest absolute Gasteiger partial charge is 0.480 e. The van der Waals surface area contributed by atoms with E-state index in [1.807, 2.05) is 0 Å². The van der Waals surface area contributed by atoms with Crippen LogP contribution in [0.3, 0.4) is 0 Å². The second-order valence-electron chi connectivity index (χ2n) is 5.56. The van der Waals surface area contributed by atoms with Crippen LogP contribution in [0.15, 0.2) is 24.3 Å². The van der Waals surface area contributed by atoms with Crippen LogP contribution >= 0.6 is 0 Å². The third-order valence-electron chi connectivity index (χ3n) is 3.75. The van der Waals surface area contributed by atoms with Crippen molar-refractivity contribution in [3.05, 3.63) is 41.3 Å². The lowest BCUT2D eigenvalue weighted by atomic mass is 10.0. The molecular formula is C16H15FN2O3. The average Bonchev–Trinajstić information content (AvgIpc) is 3.30. The molecule has 1 heterocycles. The highest BCUT2D eigenvalue weighted by Gasteiger charge is 2.27. The molecule has 1 fully saturated rings. The zero-order chi connectivity index (χ0) is 15.9. The number of carboxylic acids is 1. The van der Waals surface area contributed by atoms with Crippen molar-refractivity contribution in [1.82, 2.24) is 10.3 Å². The molecule has 0 aliphatic heterocycles. The van der Waals surface area contributed by atoms with E-state index in [1.54, 1.807) is 6.07 Å². The number of pyridine rings is 1. The Hall–Kier alpha value is -2.50. The van der Waals surface area contributed by atoms with Crippen LogP contribution in [0.2, 0.25) is 0 Å². The highest BCUT2D eigenvalue weighted by atomic mass is 19.1. The van der Waals surface area contributed by atoms with Gasteiger partial charge in [0.25, 0.3) is 5.91 Å². The third-order valence-corrected chi connectivity index (χ3v) is 3.75. The summed E-state index contributed by atoms with van der Waals surface area (Å²) < 4.78 is 13.5. The van der Waals surface area contributed by atoms with Crippen LogP contribution < -0.4 is 5.32 Å². The maximum Gasteiger partial charge on any atom is 0.325 e. The number of benzene rings is 1. The zero-order valence-corrected chi connectivity index (χ0v) is 12.0. The van der Waals surface area contributed by atoms with E-state index in [0.29, 0.717) is 16.8 Å². The number of nitrogens with one attached hydrogen (secondary N) is 1. The minimum absolute atomic E-state index is 0.263. The predicted molar refractivity (Wildman–Crippen MR) is 78.2 cm³/mol. The molecule has 1 unspecified atom stereocenters. The fourth-order valence-electron chi connectivity index (χ4n) is 2.33. The van der Waals surface area contributed by atoms with Crippen LogP contribution in [0.25, 0.3) is 10.9 Å². The van der Waals surface area contributed by atoms with E-state index in [0.717, 1.165) is 18.5 Å². The Morgan fingerprint density at radius 3 is 2.73 bits per heavy atom. The molecule has 1 amide bonds. The molecule has 114 valence electrons. The van der Waals surface area contributed by atoms with E-state index in [9.17, 15) is 14.0 Å². The smallest absolute Gasteiger partial charge is 0.325 e. The number of halogens is 1. The minimum atomic E-state index is -1.12. The Morgan fingerprint density at radius 1 is 1.36 bits per heavy atom. The van der Waals surface area contributed by atoms with Gasteiger partial charge in [-0.2, -0.15) is 0 Å². The van der Waals surface area contributed by atoms with E-state index in [-0.39, 0.29) is 5.56 Å². The number of hydrogen-bond acceptors (Lipinski definition) is 3. The Balaban J connectivity index is 2.07. The summed E-state index contributed by atoms with van der Waals surface area (Å²) in [5.74, 6) is -1.79. The molecule has 1 aliphatic rings. The van der Waals surface area contributed by atoms with Gasteiger partial charge >= 0.3 is 5.97 Å². The molecule has 1 saturated carbocycles. The summed E-state index contributed by atoms with van der Waals surface area (Å²) in [7, 11) is 0. The van der Waals surface area contributed by atoms with Crippen LogP contribution in [-0.4, -0.2) is 28.0 Å². The van der Waals surface area contributed by atoms with Gasteiger partial charge in [-0.25, -0.2) is 4.39 Å². The number of carbonyl (C=O) groups excluding carboxylic acids is 1. The molecule has 0 radical (unpaired) electrons. The molecule has 1 aromatic carbocycles. The van der Waals surface area contributed by atoms with E-state index in [2.05, 4.69) is 10.3 Å². The number of carbonyl (C=O) groups is 2. The van der Waals surface area contributed by atoms with Crippen LogP contribution in [0.4, 0.5) is 4.39 Å². The summed E-state index contributed by atoms with van der Waals surface area (Å²) in [5.41, 5.74) is 1.60. The summed E-state index contributed by atoms with van der Waals surface area (Å²) in [6.07, 6.45) is 2.04. The van der Waals surface area contributed by atoms with E-state index in [1.165, 1.54) is 25.1 Å². The van der Waals surface area contributed by atoms with Gasteiger partial charge in [-0.3, -0.25) is 14.6 Å². The summed E-state index contributed by atoms with van der Waals surface area (Å²) in [6, 6.07) is 4.71. The summed E-state index contributed by atoms with van der Waals surface area (Å²) >= 11 is 0. The molecule has 1 aliphatic carbocycles. The highest BCUT2D eigenvalue weighted by Crippen LogP contribution is 2.40. The van der Waals surface area contributed by atoms with Gasteiger partial charge in [-0.1, -0.05) is 0 Å². The van der Waals surface area contributed by atoms with E-state index >= 15 is 0 Å². The minimum Gasteiger partial charge on any atom is -0.480 e. The molecule has 0 bridgehead atoms. The van der Waals surface area contributed by atoms with Gasteiger partial charge in [-0.15, -0.1) is 0 Å². The Labute approximate surface area is 126 Å². The van der Waals surface area contributed by atoms with Gasteiger partial charge in [0.05, 0.1) is 11.1 Å². The first-order valence-electron chi connectivity index (χ1n) is 7.09. The van der Waals surface area contributed by atoms with Crippen LogP contribution in [0.1, 0.15) is 41.7 Å². The number of aliphatic carboxylic acids is 1. The topological polar surface area (TPSA) is 79.3 Å². The van der Waals surface area contributed by atoms with Crippen LogP contribution in [0, 0.1) is 5.82 Å². The van der Waals surface area contributed by atoms with Crippen molar-refractivity contribution in [2.75, 3.05) is 0 Å². The maximum absolute atomic E-state index is 13.5. The van der Waals surface area contributed by atoms with E-state index in [4.69, 9.17) is 5.11 Å². The van der Waals surface area contributed by atoms with Crippen LogP contribution in [0.5, 0.6) is 0 Å². The van der Waals surface area contributed by atoms with Gasteiger partial charge in [0.1, 0.15) is 11.9 Å². The first kappa shape index (κ1) is 14.4. The van der Waals surface area contributed by atoms with Gasteiger partial charge in [0, 0.05) is 17.0 Å². The zero-order valence-electron chi connectivity index (χ0n) is 12.0. The summed E-state index contributed by atoms with van der Waals surface area (Å²) in [6.45, 7) is 1.38. The number of amides is 1. The van der Waals surface area contributed by atoms with Gasteiger partial charge < -0.3 is 10.4 Å². The standard InChI is InChI=1S/C16H15FN2O3/c1-8(16(21)22)18-15(20)12-7-14(9-2-3-9)19-13-5-4-10(17)6-11(12)13/h4-9H,2-3H2,1H3,(H,18,20)(H,21,22). The van der Waals surface area contributed by atoms with E-state index < -0.39 is 23.7 Å². The molecule has 5 nitrogen and oxygen atoms in total. The quantitative estimate of drug-likeness (QED) is 0.909. The molecule has 2 N–H and O–H groups in total. The molecule has 1 aromatic heterocycles. The van der Waals surface area contributed by atoms with Crippen LogP contribution in [-0.2, 0) is 4.79 Å². The number of hydrogen-bond donors (Lipinski definition) is 2. The molecular weight excluding hydrogens is 287 g/mol. The van der Waals surface area contributed by atoms with Crippen molar-refractivity contribution in [1.29, 1.82) is 0 Å². The monoisotopic (exact) mass is 302 g/mol. The second kappa shape index (κ2) is 5.36. The molecule has 0 spiro atoms. The highest BCUT2D eigenvalue weighted by molar-refractivity contribution is 6.07. The lowest BCUT2D eigenvalue weighted by Crippen LogP contribution is -2.38. The van der Waals surface area contributed by atoms with Gasteiger partial charge in [0.2, 0.25) is 0 Å². The number of carboxylic acid groups (broad SMARTS) is 1. The first-order valence-corrected chi connectivity index (χ1v) is 7.09. The second-order valence-corrected chi connectivity index (χ2v) is 5.56. The number of nitrogens with zero attached hydrogens (tertiary/aromatic N) is 1. The fraction of sp³-hybridized carbons (Fsp3) is 0.312. The molecule has 6 heteroatoms.